The summed E-state index contributed by atoms with van der Waals surface area (Å²) in [6, 6.07) is -0.621. The van der Waals surface area contributed by atoms with E-state index in [1.54, 1.807) is 6.08 Å². The van der Waals surface area contributed by atoms with Crippen LogP contribution in [0.2, 0.25) is 0 Å². The first-order chi connectivity index (χ1) is 25.2. The predicted octanol–water partition coefficient (Wildman–Crippen LogP) is 13.2. The van der Waals surface area contributed by atoms with Crippen molar-refractivity contribution in [3.05, 3.63) is 12.2 Å². The minimum absolute atomic E-state index is 0.0640. The van der Waals surface area contributed by atoms with E-state index in [0.717, 1.165) is 32.1 Å². The lowest BCUT2D eigenvalue weighted by Crippen LogP contribution is -2.45. The quantitative estimate of drug-likeness (QED) is 0.0373. The van der Waals surface area contributed by atoms with Crippen LogP contribution in [0.3, 0.4) is 0 Å². The van der Waals surface area contributed by atoms with Gasteiger partial charge in [0.25, 0.3) is 0 Å². The zero-order chi connectivity index (χ0) is 37.1. The van der Waals surface area contributed by atoms with Crippen LogP contribution in [0.25, 0.3) is 0 Å². The average Bonchev–Trinajstić information content (AvgIpc) is 3.13. The zero-order valence-electron chi connectivity index (χ0n) is 34.3. The van der Waals surface area contributed by atoms with Crippen LogP contribution in [0.5, 0.6) is 0 Å². The second-order valence-electron chi connectivity index (χ2n) is 15.9. The highest BCUT2D eigenvalue weighted by atomic mass is 16.3. The van der Waals surface area contributed by atoms with Gasteiger partial charge in [-0.1, -0.05) is 231 Å². The molecule has 2 atom stereocenters. The van der Waals surface area contributed by atoms with Crippen molar-refractivity contribution in [1.29, 1.82) is 0 Å². The third kappa shape index (κ3) is 40.1. The molecule has 0 aromatic carbocycles. The summed E-state index contributed by atoms with van der Waals surface area (Å²) < 4.78 is 0. The number of carbonyl (C=O) groups is 1. The fraction of sp³-hybridized carbons (Fsp3) is 0.935. The summed E-state index contributed by atoms with van der Waals surface area (Å²) in [5.74, 6) is -0.0640. The third-order valence-electron chi connectivity index (χ3n) is 10.8. The summed E-state index contributed by atoms with van der Waals surface area (Å²) in [6.45, 7) is 2.38. The number of nitrogens with one attached hydrogen (secondary N) is 1. The largest absolute Gasteiger partial charge is 0.396 e. The van der Waals surface area contributed by atoms with Gasteiger partial charge < -0.3 is 20.6 Å². The molecule has 51 heavy (non-hydrogen) atoms. The number of aliphatic hydroxyl groups excluding tert-OH is 3. The molecule has 2 unspecified atom stereocenters. The van der Waals surface area contributed by atoms with Gasteiger partial charge in [0, 0.05) is 13.0 Å². The maximum Gasteiger partial charge on any atom is 0.220 e. The van der Waals surface area contributed by atoms with Crippen molar-refractivity contribution in [3.8, 4) is 0 Å². The SMILES string of the molecule is CCCCCCCCCCCCCCCC=CC(O)C(CO)NC(=O)CCCCCCCCCCCCCCCCCCCCCCCCCO. The van der Waals surface area contributed by atoms with Gasteiger partial charge in [0.2, 0.25) is 5.91 Å². The van der Waals surface area contributed by atoms with E-state index in [1.165, 1.54) is 205 Å². The summed E-state index contributed by atoms with van der Waals surface area (Å²) in [6.07, 6.45) is 51.9. The highest BCUT2D eigenvalue weighted by molar-refractivity contribution is 5.76. The lowest BCUT2D eigenvalue weighted by molar-refractivity contribution is -0.123. The Morgan fingerprint density at radius 3 is 1.12 bits per heavy atom. The molecule has 1 amide bonds. The summed E-state index contributed by atoms with van der Waals surface area (Å²) in [5.41, 5.74) is 0. The van der Waals surface area contributed by atoms with Crippen molar-refractivity contribution in [1.82, 2.24) is 5.32 Å². The van der Waals surface area contributed by atoms with Crippen LogP contribution < -0.4 is 5.32 Å². The number of unbranched alkanes of at least 4 members (excludes halogenated alkanes) is 35. The van der Waals surface area contributed by atoms with E-state index in [-0.39, 0.29) is 12.5 Å². The van der Waals surface area contributed by atoms with Crippen molar-refractivity contribution in [2.75, 3.05) is 13.2 Å². The molecule has 5 nitrogen and oxygen atoms in total. The summed E-state index contributed by atoms with van der Waals surface area (Å²) in [4.78, 5) is 12.4. The van der Waals surface area contributed by atoms with E-state index in [0.29, 0.717) is 13.0 Å². The molecule has 0 bridgehead atoms. The number of amides is 1. The molecule has 0 spiro atoms. The molecule has 0 rings (SSSR count). The Morgan fingerprint density at radius 2 is 0.784 bits per heavy atom. The zero-order valence-corrected chi connectivity index (χ0v) is 34.3. The van der Waals surface area contributed by atoms with Crippen LogP contribution in [0.4, 0.5) is 0 Å². The Hall–Kier alpha value is -0.910. The van der Waals surface area contributed by atoms with Crippen molar-refractivity contribution in [2.24, 2.45) is 0 Å². The van der Waals surface area contributed by atoms with Crippen molar-refractivity contribution in [3.63, 3.8) is 0 Å². The fourth-order valence-corrected chi connectivity index (χ4v) is 7.28. The monoisotopic (exact) mass is 722 g/mol. The molecule has 0 radical (unpaired) electrons. The summed E-state index contributed by atoms with van der Waals surface area (Å²) >= 11 is 0. The number of hydrogen-bond donors (Lipinski definition) is 4. The molecule has 0 heterocycles. The number of allylic oxidation sites excluding steroid dienone is 1. The Bertz CT molecular complexity index is 699. The molecular weight excluding hydrogens is 631 g/mol. The second-order valence-corrected chi connectivity index (χ2v) is 15.9. The second kappa shape index (κ2) is 43.5. The Kier molecular flexibility index (Phi) is 42.7. The predicted molar refractivity (Wildman–Crippen MR) is 222 cm³/mol. The van der Waals surface area contributed by atoms with Gasteiger partial charge in [0.05, 0.1) is 18.8 Å². The number of aliphatic hydroxyl groups is 3. The Balaban J connectivity index is 3.47. The minimum atomic E-state index is -0.838. The van der Waals surface area contributed by atoms with Gasteiger partial charge >= 0.3 is 0 Å². The topological polar surface area (TPSA) is 89.8 Å². The molecule has 0 fully saturated rings. The highest BCUT2D eigenvalue weighted by Crippen LogP contribution is 2.16. The number of carbonyl (C=O) groups excluding carboxylic acids is 1. The van der Waals surface area contributed by atoms with Crippen molar-refractivity contribution in [2.45, 2.75) is 263 Å². The van der Waals surface area contributed by atoms with Crippen LogP contribution in [-0.2, 0) is 4.79 Å². The molecule has 4 N–H and O–H groups in total. The minimum Gasteiger partial charge on any atom is -0.396 e. The van der Waals surface area contributed by atoms with Crippen LogP contribution in [-0.4, -0.2) is 46.6 Å². The van der Waals surface area contributed by atoms with E-state index in [1.807, 2.05) is 6.08 Å². The van der Waals surface area contributed by atoms with Gasteiger partial charge in [-0.3, -0.25) is 4.79 Å². The fourth-order valence-electron chi connectivity index (χ4n) is 7.28. The average molecular weight is 722 g/mol. The van der Waals surface area contributed by atoms with Crippen LogP contribution in [0.15, 0.2) is 12.2 Å². The van der Waals surface area contributed by atoms with E-state index in [9.17, 15) is 15.0 Å². The first kappa shape index (κ1) is 50.1. The molecule has 0 saturated heterocycles. The molecule has 0 saturated carbocycles. The van der Waals surface area contributed by atoms with E-state index < -0.39 is 12.1 Å². The van der Waals surface area contributed by atoms with Gasteiger partial charge in [-0.2, -0.15) is 0 Å². The molecular formula is C46H91NO4. The van der Waals surface area contributed by atoms with Crippen molar-refractivity contribution < 1.29 is 20.1 Å². The van der Waals surface area contributed by atoms with Gasteiger partial charge in [-0.15, -0.1) is 0 Å². The standard InChI is InChI=1S/C46H91NO4/c1-2-3-4-5-6-7-8-9-19-22-25-28-31-34-37-40-45(50)44(43-49)47-46(51)41-38-35-32-29-26-23-20-17-15-13-11-10-12-14-16-18-21-24-27-30-33-36-39-42-48/h37,40,44-45,48-50H,2-36,38-39,41-43H2,1H3,(H,47,51). The van der Waals surface area contributed by atoms with Crippen LogP contribution >= 0.6 is 0 Å². The molecule has 0 aliphatic rings. The van der Waals surface area contributed by atoms with E-state index in [4.69, 9.17) is 5.11 Å². The smallest absolute Gasteiger partial charge is 0.220 e. The van der Waals surface area contributed by atoms with Crippen LogP contribution in [0.1, 0.15) is 251 Å². The molecule has 0 aromatic rings. The maximum atomic E-state index is 12.4. The summed E-state index contributed by atoms with van der Waals surface area (Å²) in [7, 11) is 0. The van der Waals surface area contributed by atoms with Gasteiger partial charge in [0.1, 0.15) is 0 Å². The Labute approximate surface area is 319 Å². The van der Waals surface area contributed by atoms with Gasteiger partial charge in [0.15, 0.2) is 0 Å². The van der Waals surface area contributed by atoms with Gasteiger partial charge in [-0.25, -0.2) is 0 Å². The normalized spacial score (nSPS) is 12.9. The molecule has 5 heteroatoms. The summed E-state index contributed by atoms with van der Waals surface area (Å²) in [5, 5.41) is 31.8. The number of rotatable bonds is 43. The molecule has 304 valence electrons. The highest BCUT2D eigenvalue weighted by Gasteiger charge is 2.18. The lowest BCUT2D eigenvalue weighted by Gasteiger charge is -2.20. The Morgan fingerprint density at radius 1 is 0.471 bits per heavy atom. The van der Waals surface area contributed by atoms with Crippen molar-refractivity contribution >= 4 is 5.91 Å². The molecule has 0 aliphatic heterocycles. The van der Waals surface area contributed by atoms with Crippen LogP contribution in [0, 0.1) is 0 Å². The third-order valence-corrected chi connectivity index (χ3v) is 10.8. The van der Waals surface area contributed by atoms with Gasteiger partial charge in [-0.05, 0) is 25.7 Å². The molecule has 0 aliphatic carbocycles. The molecule has 0 aromatic heterocycles. The number of hydrogen-bond acceptors (Lipinski definition) is 4. The maximum absolute atomic E-state index is 12.4. The van der Waals surface area contributed by atoms with E-state index >= 15 is 0 Å². The lowest BCUT2D eigenvalue weighted by atomic mass is 10.0. The van der Waals surface area contributed by atoms with E-state index in [2.05, 4.69) is 12.2 Å². The first-order valence-corrected chi connectivity index (χ1v) is 23.0. The first-order valence-electron chi connectivity index (χ1n) is 23.0.